The first-order chi connectivity index (χ1) is 9.02. The molecule has 0 saturated heterocycles. The highest BCUT2D eigenvalue weighted by Gasteiger charge is 2.11. The van der Waals surface area contributed by atoms with Crippen molar-refractivity contribution < 1.29 is 4.39 Å². The normalized spacial score (nSPS) is 10.3. The Morgan fingerprint density at radius 3 is 2.84 bits per heavy atom. The second-order valence-corrected chi connectivity index (χ2v) is 4.96. The monoisotopic (exact) mass is 322 g/mol. The van der Waals surface area contributed by atoms with Gasteiger partial charge in [-0.05, 0) is 35.0 Å². The summed E-state index contributed by atoms with van der Waals surface area (Å²) in [6.45, 7) is 2.39. The minimum atomic E-state index is -0.458. The lowest BCUT2D eigenvalue weighted by molar-refractivity contribution is 0.623. The quantitative estimate of drug-likeness (QED) is 0.944. The Balaban J connectivity index is 2.19. The molecule has 0 fully saturated rings. The third-order valence-corrected chi connectivity index (χ3v) is 3.56. The van der Waals surface area contributed by atoms with Crippen molar-refractivity contribution in [3.8, 4) is 6.07 Å². The second-order valence-electron chi connectivity index (χ2n) is 4.17. The van der Waals surface area contributed by atoms with Crippen molar-refractivity contribution in [3.05, 3.63) is 45.4 Å². The number of aryl methyl sites for hydroxylation is 2. The molecule has 0 amide bonds. The molecule has 1 aromatic carbocycles. The minimum Gasteiger partial charge on any atom is -0.378 e. The number of nitrogens with one attached hydrogen (secondary N) is 1. The number of halogens is 2. The van der Waals surface area contributed by atoms with Crippen LogP contribution in [0.3, 0.4) is 0 Å². The highest BCUT2D eigenvalue weighted by atomic mass is 79.9. The standard InChI is InChI=1S/C13H12BrFN4/c1-8-10(7-19(2)18-8)6-17-11-4-3-9(5-16)12(14)13(11)15/h3-4,7,17H,6H2,1-2H3. The summed E-state index contributed by atoms with van der Waals surface area (Å²) in [7, 11) is 1.84. The molecule has 1 N–H and O–H groups in total. The van der Waals surface area contributed by atoms with E-state index in [0.29, 0.717) is 12.2 Å². The number of rotatable bonds is 3. The highest BCUT2D eigenvalue weighted by Crippen LogP contribution is 2.27. The van der Waals surface area contributed by atoms with Gasteiger partial charge in [-0.15, -0.1) is 0 Å². The molecule has 19 heavy (non-hydrogen) atoms. The third kappa shape index (κ3) is 2.76. The van der Waals surface area contributed by atoms with E-state index in [-0.39, 0.29) is 10.0 Å². The predicted molar refractivity (Wildman–Crippen MR) is 74.1 cm³/mol. The summed E-state index contributed by atoms with van der Waals surface area (Å²) < 4.78 is 15.9. The highest BCUT2D eigenvalue weighted by molar-refractivity contribution is 9.10. The topological polar surface area (TPSA) is 53.6 Å². The van der Waals surface area contributed by atoms with E-state index in [0.717, 1.165) is 11.3 Å². The van der Waals surface area contributed by atoms with E-state index in [1.807, 2.05) is 26.2 Å². The fourth-order valence-corrected chi connectivity index (χ4v) is 2.22. The van der Waals surface area contributed by atoms with Gasteiger partial charge >= 0.3 is 0 Å². The zero-order valence-electron chi connectivity index (χ0n) is 10.5. The van der Waals surface area contributed by atoms with E-state index in [9.17, 15) is 4.39 Å². The molecule has 2 rings (SSSR count). The Labute approximate surface area is 119 Å². The molecule has 0 aliphatic rings. The zero-order valence-corrected chi connectivity index (χ0v) is 12.1. The first kappa shape index (κ1) is 13.6. The van der Waals surface area contributed by atoms with Crippen LogP contribution in [-0.2, 0) is 13.6 Å². The van der Waals surface area contributed by atoms with Crippen molar-refractivity contribution >= 4 is 21.6 Å². The average molecular weight is 323 g/mol. The van der Waals surface area contributed by atoms with Crippen molar-refractivity contribution in [2.45, 2.75) is 13.5 Å². The molecule has 1 heterocycles. The summed E-state index contributed by atoms with van der Waals surface area (Å²) in [5.41, 5.74) is 2.54. The van der Waals surface area contributed by atoms with E-state index < -0.39 is 5.82 Å². The van der Waals surface area contributed by atoms with Crippen LogP contribution in [-0.4, -0.2) is 9.78 Å². The Bertz CT molecular complexity index is 657. The molecule has 98 valence electrons. The van der Waals surface area contributed by atoms with Crippen molar-refractivity contribution in [2.24, 2.45) is 7.05 Å². The molecule has 0 aliphatic heterocycles. The van der Waals surface area contributed by atoms with Gasteiger partial charge in [0.2, 0.25) is 0 Å². The van der Waals surface area contributed by atoms with Crippen LogP contribution >= 0.6 is 15.9 Å². The summed E-state index contributed by atoms with van der Waals surface area (Å²) in [6.07, 6.45) is 1.89. The van der Waals surface area contributed by atoms with Crippen molar-refractivity contribution in [2.75, 3.05) is 5.32 Å². The molecule has 6 heteroatoms. The molecule has 4 nitrogen and oxygen atoms in total. The minimum absolute atomic E-state index is 0.183. The molecule has 0 radical (unpaired) electrons. The Kier molecular flexibility index (Phi) is 3.86. The summed E-state index contributed by atoms with van der Waals surface area (Å²) >= 11 is 3.08. The van der Waals surface area contributed by atoms with Crippen LogP contribution in [0.1, 0.15) is 16.8 Å². The van der Waals surface area contributed by atoms with Crippen LogP contribution in [0.25, 0.3) is 0 Å². The van der Waals surface area contributed by atoms with Gasteiger partial charge in [-0.3, -0.25) is 4.68 Å². The molecule has 0 atom stereocenters. The lowest BCUT2D eigenvalue weighted by atomic mass is 10.2. The molecular formula is C13H12BrFN4. The van der Waals surface area contributed by atoms with Crippen molar-refractivity contribution in [1.29, 1.82) is 5.26 Å². The van der Waals surface area contributed by atoms with Crippen LogP contribution in [0.5, 0.6) is 0 Å². The molecule has 0 spiro atoms. The molecule has 2 aromatic rings. The van der Waals surface area contributed by atoms with Gasteiger partial charge in [0.1, 0.15) is 6.07 Å². The number of hydrogen-bond acceptors (Lipinski definition) is 3. The Morgan fingerprint density at radius 2 is 2.26 bits per heavy atom. The predicted octanol–water partition coefficient (Wildman–Crippen LogP) is 3.11. The first-order valence-corrected chi connectivity index (χ1v) is 6.43. The lowest BCUT2D eigenvalue weighted by Gasteiger charge is -2.08. The summed E-state index contributed by atoms with van der Waals surface area (Å²) in [6, 6.07) is 5.06. The molecule has 0 aliphatic carbocycles. The summed E-state index contributed by atoms with van der Waals surface area (Å²) in [5, 5.41) is 16.0. The van der Waals surface area contributed by atoms with E-state index in [2.05, 4.69) is 26.3 Å². The number of anilines is 1. The lowest BCUT2D eigenvalue weighted by Crippen LogP contribution is -2.03. The zero-order chi connectivity index (χ0) is 14.0. The van der Waals surface area contributed by atoms with Gasteiger partial charge in [-0.1, -0.05) is 0 Å². The summed E-state index contributed by atoms with van der Waals surface area (Å²) in [5.74, 6) is -0.458. The van der Waals surface area contributed by atoms with Gasteiger partial charge in [0.15, 0.2) is 5.82 Å². The average Bonchev–Trinajstić information content (AvgIpc) is 2.70. The second kappa shape index (κ2) is 5.41. The third-order valence-electron chi connectivity index (χ3n) is 2.79. The van der Waals surface area contributed by atoms with Gasteiger partial charge in [0, 0.05) is 25.4 Å². The van der Waals surface area contributed by atoms with Crippen LogP contribution < -0.4 is 5.32 Å². The number of hydrogen-bond donors (Lipinski definition) is 1. The number of nitriles is 1. The molecule has 0 saturated carbocycles. The van der Waals surface area contributed by atoms with E-state index >= 15 is 0 Å². The largest absolute Gasteiger partial charge is 0.378 e. The fraction of sp³-hybridized carbons (Fsp3) is 0.231. The molecule has 0 unspecified atom stereocenters. The molecular weight excluding hydrogens is 311 g/mol. The van der Waals surface area contributed by atoms with Crippen LogP contribution in [0.2, 0.25) is 0 Å². The maximum Gasteiger partial charge on any atom is 0.161 e. The van der Waals surface area contributed by atoms with Crippen LogP contribution in [0.4, 0.5) is 10.1 Å². The van der Waals surface area contributed by atoms with Gasteiger partial charge < -0.3 is 5.32 Å². The fourth-order valence-electron chi connectivity index (χ4n) is 1.78. The number of nitrogens with zero attached hydrogens (tertiary/aromatic N) is 3. The van der Waals surface area contributed by atoms with Gasteiger partial charge in [0.05, 0.1) is 21.4 Å². The van der Waals surface area contributed by atoms with Crippen LogP contribution in [0.15, 0.2) is 22.8 Å². The first-order valence-electron chi connectivity index (χ1n) is 5.64. The summed E-state index contributed by atoms with van der Waals surface area (Å²) in [4.78, 5) is 0. The maximum atomic E-state index is 14.0. The van der Waals surface area contributed by atoms with E-state index in [4.69, 9.17) is 5.26 Å². The SMILES string of the molecule is Cc1nn(C)cc1CNc1ccc(C#N)c(Br)c1F. The van der Waals surface area contributed by atoms with Crippen molar-refractivity contribution in [3.63, 3.8) is 0 Å². The number of benzene rings is 1. The smallest absolute Gasteiger partial charge is 0.161 e. The van der Waals surface area contributed by atoms with Gasteiger partial charge in [-0.2, -0.15) is 10.4 Å². The molecule has 0 bridgehead atoms. The van der Waals surface area contributed by atoms with Crippen molar-refractivity contribution in [1.82, 2.24) is 9.78 Å². The van der Waals surface area contributed by atoms with Gasteiger partial charge in [0.25, 0.3) is 0 Å². The van der Waals surface area contributed by atoms with E-state index in [1.165, 1.54) is 0 Å². The van der Waals surface area contributed by atoms with E-state index in [1.54, 1.807) is 16.8 Å². The molecule has 1 aromatic heterocycles. The number of aromatic nitrogens is 2. The Hall–Kier alpha value is -1.87. The Morgan fingerprint density at radius 1 is 1.53 bits per heavy atom. The van der Waals surface area contributed by atoms with Gasteiger partial charge in [-0.25, -0.2) is 4.39 Å². The maximum absolute atomic E-state index is 14.0. The van der Waals surface area contributed by atoms with Crippen LogP contribution in [0, 0.1) is 24.1 Å².